The van der Waals surface area contributed by atoms with Crippen LogP contribution in [0.4, 0.5) is 0 Å². The Kier molecular flexibility index (Phi) is 9.69. The number of phenols is 1. The smallest absolute Gasteiger partial charge is 0.149 e. The fraction of sp³-hybridized carbons (Fsp3) is 0.208. The lowest BCUT2D eigenvalue weighted by atomic mass is 9.81. The van der Waals surface area contributed by atoms with Crippen LogP contribution in [-0.2, 0) is 10.8 Å². The van der Waals surface area contributed by atoms with E-state index in [1.54, 1.807) is 0 Å². The van der Waals surface area contributed by atoms with E-state index in [0.29, 0.717) is 11.4 Å². The minimum absolute atomic E-state index is 0.00770. The summed E-state index contributed by atoms with van der Waals surface area (Å²) in [5, 5.41) is 11.8. The summed E-state index contributed by atoms with van der Waals surface area (Å²) in [6.07, 6.45) is 2.92. The third-order valence-electron chi connectivity index (χ3n) is 11.6. The zero-order chi connectivity index (χ0) is 40.1. The van der Waals surface area contributed by atoms with E-state index in [-0.39, 0.29) is 16.6 Å². The first-order chi connectivity index (χ1) is 27.3. The maximum Gasteiger partial charge on any atom is 0.149 e. The number of hydrogen-bond donors (Lipinski definition) is 1. The van der Waals surface area contributed by atoms with Crippen molar-refractivity contribution in [2.24, 2.45) is 0 Å². The van der Waals surface area contributed by atoms with Gasteiger partial charge in [0.1, 0.15) is 11.6 Å². The van der Waals surface area contributed by atoms with Crippen LogP contribution in [0.3, 0.4) is 0 Å². The first-order valence-electron chi connectivity index (χ1n) is 20.0. The molecule has 4 heteroatoms. The highest BCUT2D eigenvalue weighted by Crippen LogP contribution is 2.43. The Labute approximate surface area is 337 Å². The second-order valence-electron chi connectivity index (χ2n) is 17.1. The quantitative estimate of drug-likeness (QED) is 0.168. The molecule has 0 unspecified atom stereocenters. The van der Waals surface area contributed by atoms with E-state index < -0.39 is 0 Å². The van der Waals surface area contributed by atoms with Crippen molar-refractivity contribution in [3.8, 4) is 67.5 Å². The van der Waals surface area contributed by atoms with Gasteiger partial charge in [-0.3, -0.25) is 9.55 Å². The van der Waals surface area contributed by atoms with Crippen LogP contribution in [0.25, 0.3) is 72.7 Å². The van der Waals surface area contributed by atoms with Crippen LogP contribution in [0.2, 0.25) is 0 Å². The van der Waals surface area contributed by atoms with Crippen LogP contribution in [0.5, 0.6) is 5.75 Å². The summed E-state index contributed by atoms with van der Waals surface area (Å²) in [5.74, 6) is 0.941. The average Bonchev–Trinajstić information content (AvgIpc) is 3.61. The average molecular weight is 746 g/mol. The molecule has 0 aliphatic rings. The van der Waals surface area contributed by atoms with Crippen molar-refractivity contribution in [1.29, 1.82) is 0 Å². The van der Waals surface area contributed by atoms with Crippen molar-refractivity contribution in [2.45, 2.75) is 72.6 Å². The summed E-state index contributed by atoms with van der Waals surface area (Å²) in [5.41, 5.74) is 16.4. The van der Waals surface area contributed by atoms with E-state index in [2.05, 4.69) is 180 Å². The van der Waals surface area contributed by atoms with Gasteiger partial charge in [0.25, 0.3) is 0 Å². The lowest BCUT2D eigenvalue weighted by molar-refractivity contribution is 0.472. The number of benzene rings is 6. The summed E-state index contributed by atoms with van der Waals surface area (Å²) < 4.78 is 2.26. The van der Waals surface area contributed by atoms with Crippen LogP contribution >= 0.6 is 0 Å². The standard InChI is InChI=1S/C53H51N3O/c1-9-53(7,8)41-23-24-47(44(33-41)37-19-14-11-15-20-37)56-48-22-16-21-43(49(48)55-51(56)45-28-34(2)27-35(3)50(45)57)39-29-40(31-42(30-39)52(4,5)6)46-32-38(25-26-54-46)36-17-12-10-13-18-36/h10-33,57H,9H2,1-8H3. The van der Waals surface area contributed by atoms with Crippen molar-refractivity contribution in [3.05, 3.63) is 168 Å². The van der Waals surface area contributed by atoms with Gasteiger partial charge in [0.15, 0.2) is 0 Å². The lowest BCUT2D eigenvalue weighted by Crippen LogP contribution is -2.16. The highest BCUT2D eigenvalue weighted by atomic mass is 16.3. The molecule has 284 valence electrons. The third kappa shape index (κ3) is 7.17. The number of aromatic nitrogens is 3. The predicted molar refractivity (Wildman–Crippen MR) is 239 cm³/mol. The highest BCUT2D eigenvalue weighted by Gasteiger charge is 2.26. The van der Waals surface area contributed by atoms with Crippen LogP contribution in [0.15, 0.2) is 146 Å². The van der Waals surface area contributed by atoms with E-state index in [1.165, 1.54) is 11.1 Å². The van der Waals surface area contributed by atoms with Crippen molar-refractivity contribution in [3.63, 3.8) is 0 Å². The number of aromatic hydroxyl groups is 1. The fourth-order valence-electron chi connectivity index (χ4n) is 7.85. The molecule has 0 atom stereocenters. The number of fused-ring (bicyclic) bond motifs is 1. The zero-order valence-electron chi connectivity index (χ0n) is 34.4. The topological polar surface area (TPSA) is 50.9 Å². The summed E-state index contributed by atoms with van der Waals surface area (Å²) in [4.78, 5) is 10.4. The van der Waals surface area contributed by atoms with Gasteiger partial charge < -0.3 is 5.11 Å². The molecule has 0 saturated carbocycles. The van der Waals surface area contributed by atoms with Crippen LogP contribution in [-0.4, -0.2) is 19.6 Å². The number of nitrogens with zero attached hydrogens (tertiary/aromatic N) is 3. The van der Waals surface area contributed by atoms with E-state index >= 15 is 0 Å². The Hall–Kier alpha value is -6.26. The number of imidazole rings is 1. The molecule has 0 amide bonds. The number of hydrogen-bond acceptors (Lipinski definition) is 3. The number of aryl methyl sites for hydroxylation is 2. The molecule has 2 heterocycles. The van der Waals surface area contributed by atoms with Gasteiger partial charge in [0, 0.05) is 22.9 Å². The number of para-hydroxylation sites is 1. The Bertz CT molecular complexity index is 2750. The molecule has 4 nitrogen and oxygen atoms in total. The van der Waals surface area contributed by atoms with Crippen molar-refractivity contribution in [1.82, 2.24) is 14.5 Å². The first-order valence-corrected chi connectivity index (χ1v) is 20.0. The van der Waals surface area contributed by atoms with E-state index in [4.69, 9.17) is 9.97 Å². The molecular formula is C53H51N3O. The summed E-state index contributed by atoms with van der Waals surface area (Å²) in [7, 11) is 0. The molecule has 8 aromatic rings. The Morgan fingerprint density at radius 2 is 1.28 bits per heavy atom. The molecule has 0 aliphatic heterocycles. The maximum atomic E-state index is 11.8. The SMILES string of the molecule is CCC(C)(C)c1ccc(-n2c(-c3cc(C)cc(C)c3O)nc3c(-c4cc(-c5cc(-c6ccccc6)ccn5)cc(C(C)(C)C)c4)cccc32)c(-c2ccccc2)c1. The molecule has 0 radical (unpaired) electrons. The monoisotopic (exact) mass is 745 g/mol. The molecular weight excluding hydrogens is 695 g/mol. The minimum Gasteiger partial charge on any atom is -0.507 e. The minimum atomic E-state index is -0.121. The second-order valence-corrected chi connectivity index (χ2v) is 17.1. The van der Waals surface area contributed by atoms with Crippen molar-refractivity contribution < 1.29 is 5.11 Å². The van der Waals surface area contributed by atoms with E-state index in [0.717, 1.165) is 78.9 Å². The molecule has 57 heavy (non-hydrogen) atoms. The fourth-order valence-corrected chi connectivity index (χ4v) is 7.85. The highest BCUT2D eigenvalue weighted by molar-refractivity contribution is 5.98. The van der Waals surface area contributed by atoms with Crippen molar-refractivity contribution in [2.75, 3.05) is 0 Å². The summed E-state index contributed by atoms with van der Waals surface area (Å²) in [6, 6.07) is 49.6. The lowest BCUT2D eigenvalue weighted by Gasteiger charge is -2.26. The van der Waals surface area contributed by atoms with Gasteiger partial charge in [-0.25, -0.2) is 4.98 Å². The van der Waals surface area contributed by atoms with Gasteiger partial charge in [-0.2, -0.15) is 0 Å². The van der Waals surface area contributed by atoms with E-state index in [9.17, 15) is 5.11 Å². The van der Waals surface area contributed by atoms with Crippen LogP contribution in [0.1, 0.15) is 70.2 Å². The van der Waals surface area contributed by atoms with Gasteiger partial charge in [-0.1, -0.05) is 133 Å². The normalized spacial score (nSPS) is 12.0. The Morgan fingerprint density at radius 3 is 1.98 bits per heavy atom. The zero-order valence-corrected chi connectivity index (χ0v) is 34.4. The van der Waals surface area contributed by atoms with Gasteiger partial charge in [0.2, 0.25) is 0 Å². The molecule has 0 bridgehead atoms. The molecule has 8 rings (SSSR count). The molecule has 0 fully saturated rings. The summed E-state index contributed by atoms with van der Waals surface area (Å²) >= 11 is 0. The largest absolute Gasteiger partial charge is 0.507 e. The number of rotatable bonds is 8. The predicted octanol–water partition coefficient (Wildman–Crippen LogP) is 14.1. The van der Waals surface area contributed by atoms with Gasteiger partial charge in [-0.15, -0.1) is 0 Å². The molecule has 1 N–H and O–H groups in total. The maximum absolute atomic E-state index is 11.8. The van der Waals surface area contributed by atoms with Gasteiger partial charge in [0.05, 0.1) is 28.0 Å². The first kappa shape index (κ1) is 37.7. The second kappa shape index (κ2) is 14.7. The molecule has 0 saturated heterocycles. The number of phenolic OH excluding ortho intramolecular Hbond substituents is 1. The molecule has 0 spiro atoms. The van der Waals surface area contributed by atoms with Gasteiger partial charge >= 0.3 is 0 Å². The third-order valence-corrected chi connectivity index (χ3v) is 11.6. The Balaban J connectivity index is 1.42. The molecule has 6 aromatic carbocycles. The van der Waals surface area contributed by atoms with Crippen LogP contribution < -0.4 is 0 Å². The molecule has 0 aliphatic carbocycles. The Morgan fingerprint density at radius 1 is 0.579 bits per heavy atom. The summed E-state index contributed by atoms with van der Waals surface area (Å²) in [6.45, 7) is 17.7. The number of pyridine rings is 1. The molecule has 2 aromatic heterocycles. The van der Waals surface area contributed by atoms with Gasteiger partial charge in [-0.05, 0) is 124 Å². The van der Waals surface area contributed by atoms with Crippen molar-refractivity contribution >= 4 is 11.0 Å². The van der Waals surface area contributed by atoms with Crippen LogP contribution in [0, 0.1) is 13.8 Å². The van der Waals surface area contributed by atoms with E-state index in [1.807, 2.05) is 25.3 Å².